The first-order valence-corrected chi connectivity index (χ1v) is 7.54. The summed E-state index contributed by atoms with van der Waals surface area (Å²) < 4.78 is 1.58. The Balaban J connectivity index is 1.64. The van der Waals surface area contributed by atoms with E-state index in [4.69, 9.17) is 11.6 Å². The average molecular weight is 334 g/mol. The summed E-state index contributed by atoms with van der Waals surface area (Å²) >= 11 is 6.11. The van der Waals surface area contributed by atoms with Gasteiger partial charge in [0.25, 0.3) is 0 Å². The lowest BCUT2D eigenvalue weighted by Crippen LogP contribution is -2.42. The minimum atomic E-state index is -0.474. The zero-order chi connectivity index (χ0) is 16.4. The second-order valence-electron chi connectivity index (χ2n) is 5.32. The van der Waals surface area contributed by atoms with Gasteiger partial charge in [0.1, 0.15) is 6.04 Å². The SMILES string of the molecule is CN1CC[C@@H](NC(=O)Nc2cnn(-c3ccccc3Cl)c2)C1=O. The van der Waals surface area contributed by atoms with Gasteiger partial charge in [-0.15, -0.1) is 0 Å². The summed E-state index contributed by atoms with van der Waals surface area (Å²) in [5.74, 6) is -0.0769. The van der Waals surface area contributed by atoms with Gasteiger partial charge >= 0.3 is 6.03 Å². The molecule has 3 amide bonds. The van der Waals surface area contributed by atoms with Crippen LogP contribution in [0.15, 0.2) is 36.7 Å². The van der Waals surface area contributed by atoms with E-state index in [-0.39, 0.29) is 5.91 Å². The van der Waals surface area contributed by atoms with Gasteiger partial charge in [-0.25, -0.2) is 9.48 Å². The van der Waals surface area contributed by atoms with Crippen molar-refractivity contribution in [3.05, 3.63) is 41.7 Å². The van der Waals surface area contributed by atoms with Crippen LogP contribution in [0.4, 0.5) is 10.5 Å². The maximum Gasteiger partial charge on any atom is 0.319 e. The van der Waals surface area contributed by atoms with Crippen LogP contribution in [-0.4, -0.2) is 46.3 Å². The van der Waals surface area contributed by atoms with Crippen LogP contribution in [-0.2, 0) is 4.79 Å². The molecule has 2 heterocycles. The maximum atomic E-state index is 12.0. The number of urea groups is 1. The number of anilines is 1. The Kier molecular flexibility index (Phi) is 4.20. The lowest BCUT2D eigenvalue weighted by molar-refractivity contribution is -0.128. The highest BCUT2D eigenvalue weighted by atomic mass is 35.5. The Labute approximate surface area is 138 Å². The quantitative estimate of drug-likeness (QED) is 0.900. The smallest absolute Gasteiger partial charge is 0.319 e. The third-order valence-corrected chi connectivity index (χ3v) is 3.99. The van der Waals surface area contributed by atoms with Crippen molar-refractivity contribution in [3.8, 4) is 5.69 Å². The summed E-state index contributed by atoms with van der Waals surface area (Å²) in [5, 5.41) is 10.1. The summed E-state index contributed by atoms with van der Waals surface area (Å²) in [6, 6.07) is 6.37. The second kappa shape index (κ2) is 6.29. The van der Waals surface area contributed by atoms with Crippen LogP contribution in [0.25, 0.3) is 5.69 Å². The standard InChI is InChI=1S/C15H16ClN5O2/c1-20-7-6-12(14(20)22)19-15(23)18-10-8-17-21(9-10)13-5-3-2-4-11(13)16/h2-5,8-9,12H,6-7H2,1H3,(H2,18,19,23)/t12-/m1/s1. The number of aromatic nitrogens is 2. The van der Waals surface area contributed by atoms with Gasteiger partial charge in [-0.2, -0.15) is 5.10 Å². The number of carbonyl (C=O) groups is 2. The Bertz CT molecular complexity index is 745. The highest BCUT2D eigenvalue weighted by Gasteiger charge is 2.30. The molecular formula is C15H16ClN5O2. The van der Waals surface area contributed by atoms with Gasteiger partial charge < -0.3 is 15.5 Å². The molecular weight excluding hydrogens is 318 g/mol. The second-order valence-corrected chi connectivity index (χ2v) is 5.73. The topological polar surface area (TPSA) is 79.3 Å². The van der Waals surface area contributed by atoms with Gasteiger partial charge in [0.15, 0.2) is 0 Å². The number of halogens is 1. The van der Waals surface area contributed by atoms with Gasteiger partial charge in [0, 0.05) is 13.6 Å². The third-order valence-electron chi connectivity index (χ3n) is 3.67. The van der Waals surface area contributed by atoms with E-state index in [0.29, 0.717) is 23.7 Å². The van der Waals surface area contributed by atoms with Gasteiger partial charge in [-0.3, -0.25) is 4.79 Å². The van der Waals surface area contributed by atoms with Gasteiger partial charge in [0.2, 0.25) is 5.91 Å². The number of likely N-dealkylation sites (N-methyl/N-ethyl adjacent to an activating group) is 1. The molecule has 0 unspecified atom stereocenters. The van der Waals surface area contributed by atoms with E-state index in [1.165, 1.54) is 6.20 Å². The van der Waals surface area contributed by atoms with E-state index in [1.807, 2.05) is 18.2 Å². The molecule has 0 saturated carbocycles. The summed E-state index contributed by atoms with van der Waals surface area (Å²) in [6.45, 7) is 0.647. The summed E-state index contributed by atoms with van der Waals surface area (Å²) in [7, 11) is 1.72. The van der Waals surface area contributed by atoms with Crippen molar-refractivity contribution >= 4 is 29.2 Å². The number of para-hydroxylation sites is 1. The maximum absolute atomic E-state index is 12.0. The number of carbonyl (C=O) groups excluding carboxylic acids is 2. The molecule has 1 aromatic heterocycles. The summed E-state index contributed by atoms with van der Waals surface area (Å²) in [6.07, 6.45) is 3.79. The highest BCUT2D eigenvalue weighted by molar-refractivity contribution is 6.32. The molecule has 120 valence electrons. The van der Waals surface area contributed by atoms with Crippen molar-refractivity contribution in [1.29, 1.82) is 0 Å². The number of likely N-dealkylation sites (tertiary alicyclic amines) is 1. The third kappa shape index (κ3) is 3.29. The van der Waals surface area contributed by atoms with E-state index in [9.17, 15) is 9.59 Å². The zero-order valence-electron chi connectivity index (χ0n) is 12.5. The van der Waals surface area contributed by atoms with E-state index in [2.05, 4.69) is 15.7 Å². The van der Waals surface area contributed by atoms with Gasteiger partial charge in [-0.05, 0) is 18.6 Å². The first-order chi connectivity index (χ1) is 11.0. The van der Waals surface area contributed by atoms with E-state index in [0.717, 1.165) is 5.69 Å². The van der Waals surface area contributed by atoms with Crippen molar-refractivity contribution in [2.45, 2.75) is 12.5 Å². The van der Waals surface area contributed by atoms with Crippen LogP contribution in [0, 0.1) is 0 Å². The molecule has 3 rings (SSSR count). The predicted octanol–water partition coefficient (Wildman–Crippen LogP) is 1.88. The fraction of sp³-hybridized carbons (Fsp3) is 0.267. The van der Waals surface area contributed by atoms with Crippen LogP contribution in [0.3, 0.4) is 0 Å². The number of hydrogen-bond donors (Lipinski definition) is 2. The molecule has 1 fully saturated rings. The zero-order valence-corrected chi connectivity index (χ0v) is 13.2. The fourth-order valence-electron chi connectivity index (χ4n) is 2.44. The Morgan fingerprint density at radius 3 is 2.87 bits per heavy atom. The van der Waals surface area contributed by atoms with Crippen molar-refractivity contribution in [2.24, 2.45) is 0 Å². The summed E-state index contributed by atoms with van der Waals surface area (Å²) in [5.41, 5.74) is 1.23. The Morgan fingerprint density at radius 2 is 2.17 bits per heavy atom. The molecule has 1 atom stereocenters. The monoisotopic (exact) mass is 333 g/mol. The molecule has 0 radical (unpaired) electrons. The molecule has 7 nitrogen and oxygen atoms in total. The molecule has 0 aliphatic carbocycles. The van der Waals surface area contributed by atoms with Crippen molar-refractivity contribution in [1.82, 2.24) is 20.0 Å². The van der Waals surface area contributed by atoms with Gasteiger partial charge in [0.05, 0.1) is 28.8 Å². The molecule has 1 aliphatic rings. The first-order valence-electron chi connectivity index (χ1n) is 7.16. The Morgan fingerprint density at radius 1 is 1.39 bits per heavy atom. The van der Waals surface area contributed by atoms with Gasteiger partial charge in [-0.1, -0.05) is 23.7 Å². The van der Waals surface area contributed by atoms with Crippen LogP contribution < -0.4 is 10.6 Å². The molecule has 1 aromatic carbocycles. The lowest BCUT2D eigenvalue weighted by atomic mass is 10.2. The number of amides is 3. The number of nitrogens with zero attached hydrogens (tertiary/aromatic N) is 3. The number of rotatable bonds is 3. The van der Waals surface area contributed by atoms with Crippen LogP contribution in [0.5, 0.6) is 0 Å². The molecule has 0 spiro atoms. The molecule has 1 aliphatic heterocycles. The largest absolute Gasteiger partial charge is 0.344 e. The fourth-order valence-corrected chi connectivity index (χ4v) is 2.66. The van der Waals surface area contributed by atoms with E-state index < -0.39 is 12.1 Å². The molecule has 0 bridgehead atoms. The Hall–Kier alpha value is -2.54. The molecule has 2 N–H and O–H groups in total. The van der Waals surface area contributed by atoms with E-state index in [1.54, 1.807) is 28.9 Å². The molecule has 8 heteroatoms. The average Bonchev–Trinajstić information content (AvgIpc) is 3.10. The minimum Gasteiger partial charge on any atom is -0.344 e. The number of benzene rings is 1. The number of nitrogens with one attached hydrogen (secondary N) is 2. The first kappa shape index (κ1) is 15.4. The molecule has 2 aromatic rings. The van der Waals surface area contributed by atoms with Crippen molar-refractivity contribution in [3.63, 3.8) is 0 Å². The molecule has 23 heavy (non-hydrogen) atoms. The minimum absolute atomic E-state index is 0.0769. The van der Waals surface area contributed by atoms with Crippen molar-refractivity contribution in [2.75, 3.05) is 18.9 Å². The predicted molar refractivity (Wildman–Crippen MR) is 86.8 cm³/mol. The molecule has 1 saturated heterocycles. The van der Waals surface area contributed by atoms with Crippen molar-refractivity contribution < 1.29 is 9.59 Å². The van der Waals surface area contributed by atoms with Crippen LogP contribution in [0.1, 0.15) is 6.42 Å². The normalized spacial score (nSPS) is 17.4. The van der Waals surface area contributed by atoms with E-state index >= 15 is 0 Å². The number of hydrogen-bond acceptors (Lipinski definition) is 3. The summed E-state index contributed by atoms with van der Waals surface area (Å²) in [4.78, 5) is 25.3. The van der Waals surface area contributed by atoms with Crippen LogP contribution >= 0.6 is 11.6 Å². The highest BCUT2D eigenvalue weighted by Crippen LogP contribution is 2.20. The lowest BCUT2D eigenvalue weighted by Gasteiger charge is -2.12. The van der Waals surface area contributed by atoms with Crippen LogP contribution in [0.2, 0.25) is 5.02 Å².